The van der Waals surface area contributed by atoms with Crippen LogP contribution in [0.4, 0.5) is 0 Å². The lowest BCUT2D eigenvalue weighted by molar-refractivity contribution is -0.146. The van der Waals surface area contributed by atoms with Gasteiger partial charge in [-0.15, -0.1) is 0 Å². The predicted molar refractivity (Wildman–Crippen MR) is 61.8 cm³/mol. The molecule has 0 bridgehead atoms. The average Bonchev–Trinajstić information content (AvgIpc) is 2.14. The maximum Gasteiger partial charge on any atom is 0.313 e. The molecule has 0 aromatic rings. The van der Waals surface area contributed by atoms with E-state index in [1.807, 2.05) is 6.92 Å². The van der Waals surface area contributed by atoms with Crippen LogP contribution >= 0.6 is 0 Å². The Hall–Kier alpha value is -1.12. The molecule has 2 atom stereocenters. The Morgan fingerprint density at radius 1 is 1.56 bits per heavy atom. The minimum absolute atomic E-state index is 0.102. The number of rotatable bonds is 3. The summed E-state index contributed by atoms with van der Waals surface area (Å²) < 4.78 is 4.82. The van der Waals surface area contributed by atoms with E-state index < -0.39 is 0 Å². The third-order valence-corrected chi connectivity index (χ3v) is 3.04. The van der Waals surface area contributed by atoms with Crippen LogP contribution < -0.4 is 0 Å². The first-order chi connectivity index (χ1) is 7.45. The van der Waals surface area contributed by atoms with Crippen LogP contribution in [0.5, 0.6) is 0 Å². The first-order valence-electron chi connectivity index (χ1n) is 5.74. The number of allylic oxidation sites excluding steroid dienone is 1. The van der Waals surface area contributed by atoms with Gasteiger partial charge in [0.15, 0.2) is 5.78 Å². The van der Waals surface area contributed by atoms with E-state index in [0.717, 1.165) is 12.0 Å². The summed E-state index contributed by atoms with van der Waals surface area (Å²) in [5.41, 5.74) is 0.841. The molecule has 2 unspecified atom stereocenters. The standard InChI is InChI=1S/C13H20O3/c1-8(2)5-10-7-11(14)6-9(3)12(10)13(15)16-4/h6,8,10,12H,5,7H2,1-4H3. The molecule has 0 amide bonds. The summed E-state index contributed by atoms with van der Waals surface area (Å²) in [6.45, 7) is 6.05. The van der Waals surface area contributed by atoms with Gasteiger partial charge >= 0.3 is 5.97 Å². The van der Waals surface area contributed by atoms with Crippen LogP contribution in [-0.4, -0.2) is 18.9 Å². The molecule has 0 fully saturated rings. The third-order valence-electron chi connectivity index (χ3n) is 3.04. The summed E-state index contributed by atoms with van der Waals surface area (Å²) in [4.78, 5) is 23.2. The fourth-order valence-corrected chi connectivity index (χ4v) is 2.48. The Kier molecular flexibility index (Phi) is 4.27. The molecular formula is C13H20O3. The van der Waals surface area contributed by atoms with Crippen molar-refractivity contribution in [3.63, 3.8) is 0 Å². The van der Waals surface area contributed by atoms with E-state index in [0.29, 0.717) is 12.3 Å². The van der Waals surface area contributed by atoms with Gasteiger partial charge in [-0.2, -0.15) is 0 Å². The molecule has 16 heavy (non-hydrogen) atoms. The zero-order valence-corrected chi connectivity index (χ0v) is 10.4. The van der Waals surface area contributed by atoms with Crippen molar-refractivity contribution >= 4 is 11.8 Å². The Balaban J connectivity index is 2.91. The normalized spacial score (nSPS) is 25.6. The maximum atomic E-state index is 11.7. The predicted octanol–water partition coefficient (Wildman–Crippen LogP) is 2.36. The molecule has 3 nitrogen and oxygen atoms in total. The van der Waals surface area contributed by atoms with Gasteiger partial charge in [0.2, 0.25) is 0 Å². The van der Waals surface area contributed by atoms with Gasteiger partial charge in [-0.25, -0.2) is 0 Å². The monoisotopic (exact) mass is 224 g/mol. The van der Waals surface area contributed by atoms with Crippen LogP contribution in [0.2, 0.25) is 0 Å². The zero-order chi connectivity index (χ0) is 12.3. The van der Waals surface area contributed by atoms with E-state index in [1.165, 1.54) is 7.11 Å². The number of methoxy groups -OCH3 is 1. The summed E-state index contributed by atoms with van der Waals surface area (Å²) in [6, 6.07) is 0. The van der Waals surface area contributed by atoms with Gasteiger partial charge in [-0.3, -0.25) is 9.59 Å². The summed E-state index contributed by atoms with van der Waals surface area (Å²) >= 11 is 0. The molecular weight excluding hydrogens is 204 g/mol. The van der Waals surface area contributed by atoms with E-state index in [4.69, 9.17) is 4.74 Å². The van der Waals surface area contributed by atoms with Gasteiger partial charge in [0.05, 0.1) is 13.0 Å². The van der Waals surface area contributed by atoms with E-state index in [9.17, 15) is 9.59 Å². The molecule has 1 rings (SSSR count). The molecule has 0 aromatic heterocycles. The number of carbonyl (C=O) groups is 2. The van der Waals surface area contributed by atoms with E-state index >= 15 is 0 Å². The number of ketones is 1. The maximum absolute atomic E-state index is 11.7. The molecule has 0 spiro atoms. The number of carbonyl (C=O) groups excluding carboxylic acids is 2. The first kappa shape index (κ1) is 12.9. The summed E-state index contributed by atoms with van der Waals surface area (Å²) in [5.74, 6) is 0.265. The molecule has 90 valence electrons. The van der Waals surface area contributed by atoms with Crippen molar-refractivity contribution in [2.75, 3.05) is 7.11 Å². The van der Waals surface area contributed by atoms with Gasteiger partial charge in [-0.05, 0) is 31.3 Å². The Labute approximate surface area is 96.9 Å². The zero-order valence-electron chi connectivity index (χ0n) is 10.4. The molecule has 1 aliphatic carbocycles. The molecule has 0 saturated carbocycles. The van der Waals surface area contributed by atoms with E-state index in [1.54, 1.807) is 6.08 Å². The molecule has 3 heteroatoms. The second-order valence-electron chi connectivity index (χ2n) is 4.95. The van der Waals surface area contributed by atoms with Gasteiger partial charge in [0.25, 0.3) is 0 Å². The molecule has 1 aliphatic rings. The van der Waals surface area contributed by atoms with Gasteiger partial charge in [0, 0.05) is 6.42 Å². The number of hydrogen-bond acceptors (Lipinski definition) is 3. The highest BCUT2D eigenvalue weighted by molar-refractivity contribution is 5.94. The number of hydrogen-bond donors (Lipinski definition) is 0. The summed E-state index contributed by atoms with van der Waals surface area (Å²) in [5, 5.41) is 0. The van der Waals surface area contributed by atoms with Gasteiger partial charge in [0.1, 0.15) is 0 Å². The van der Waals surface area contributed by atoms with Crippen molar-refractivity contribution < 1.29 is 14.3 Å². The van der Waals surface area contributed by atoms with Crippen LogP contribution in [0.15, 0.2) is 11.6 Å². The van der Waals surface area contributed by atoms with Crippen molar-refractivity contribution in [2.24, 2.45) is 17.8 Å². The highest BCUT2D eigenvalue weighted by atomic mass is 16.5. The second-order valence-corrected chi connectivity index (χ2v) is 4.95. The lowest BCUT2D eigenvalue weighted by Crippen LogP contribution is -2.32. The highest BCUT2D eigenvalue weighted by Gasteiger charge is 2.35. The molecule has 0 N–H and O–H groups in total. The van der Waals surface area contributed by atoms with Crippen LogP contribution in [0.25, 0.3) is 0 Å². The van der Waals surface area contributed by atoms with Crippen LogP contribution in [0.3, 0.4) is 0 Å². The number of esters is 1. The molecule has 0 aromatic carbocycles. The van der Waals surface area contributed by atoms with Crippen LogP contribution in [0, 0.1) is 17.8 Å². The Bertz CT molecular complexity index is 315. The van der Waals surface area contributed by atoms with Crippen molar-refractivity contribution in [1.29, 1.82) is 0 Å². The van der Waals surface area contributed by atoms with Crippen LogP contribution in [-0.2, 0) is 14.3 Å². The number of ether oxygens (including phenoxy) is 1. The second kappa shape index (κ2) is 5.28. The fourth-order valence-electron chi connectivity index (χ4n) is 2.48. The molecule has 0 saturated heterocycles. The summed E-state index contributed by atoms with van der Waals surface area (Å²) in [7, 11) is 1.40. The van der Waals surface area contributed by atoms with Crippen molar-refractivity contribution in [1.82, 2.24) is 0 Å². The highest BCUT2D eigenvalue weighted by Crippen LogP contribution is 2.34. The quantitative estimate of drug-likeness (QED) is 0.691. The Morgan fingerprint density at radius 3 is 2.69 bits per heavy atom. The minimum Gasteiger partial charge on any atom is -0.469 e. The first-order valence-corrected chi connectivity index (χ1v) is 5.74. The average molecular weight is 224 g/mol. The molecule has 0 aliphatic heterocycles. The fraction of sp³-hybridized carbons (Fsp3) is 0.692. The molecule has 0 heterocycles. The SMILES string of the molecule is COC(=O)C1C(C)=CC(=O)CC1CC(C)C. The van der Waals surface area contributed by atoms with Gasteiger partial charge < -0.3 is 4.74 Å². The minimum atomic E-state index is -0.231. The third kappa shape index (κ3) is 2.94. The smallest absolute Gasteiger partial charge is 0.313 e. The molecule has 0 radical (unpaired) electrons. The van der Waals surface area contributed by atoms with Crippen molar-refractivity contribution in [3.05, 3.63) is 11.6 Å². The van der Waals surface area contributed by atoms with E-state index in [2.05, 4.69) is 13.8 Å². The topological polar surface area (TPSA) is 43.4 Å². The van der Waals surface area contributed by atoms with Crippen molar-refractivity contribution in [2.45, 2.75) is 33.6 Å². The van der Waals surface area contributed by atoms with E-state index in [-0.39, 0.29) is 23.6 Å². The lowest BCUT2D eigenvalue weighted by Gasteiger charge is -2.29. The summed E-state index contributed by atoms with van der Waals surface area (Å²) in [6.07, 6.45) is 2.93. The van der Waals surface area contributed by atoms with Gasteiger partial charge in [-0.1, -0.05) is 19.4 Å². The van der Waals surface area contributed by atoms with Crippen LogP contribution in [0.1, 0.15) is 33.6 Å². The largest absolute Gasteiger partial charge is 0.469 e. The Morgan fingerprint density at radius 2 is 2.19 bits per heavy atom. The van der Waals surface area contributed by atoms with Crippen molar-refractivity contribution in [3.8, 4) is 0 Å². The lowest BCUT2D eigenvalue weighted by atomic mass is 9.75.